The minimum absolute atomic E-state index is 0.568. The number of hydrogen-bond acceptors (Lipinski definition) is 6. The van der Waals surface area contributed by atoms with Crippen LogP contribution in [-0.4, -0.2) is 9.97 Å². The molecule has 0 radical (unpaired) electrons. The summed E-state index contributed by atoms with van der Waals surface area (Å²) in [4.78, 5) is 9.92. The fraction of sp³-hybridized carbons (Fsp3) is 0.0667. The average molecular weight is 329 g/mol. The summed E-state index contributed by atoms with van der Waals surface area (Å²) < 4.78 is 1.32. The minimum atomic E-state index is 0.568. The number of thioether (sulfide) groups is 1. The van der Waals surface area contributed by atoms with Crippen molar-refractivity contribution in [3.05, 3.63) is 46.7 Å². The minimum Gasteiger partial charge on any atom is -0.383 e. The molecular formula is C15H11N3S3. The lowest BCUT2D eigenvalue weighted by Crippen LogP contribution is -1.95. The van der Waals surface area contributed by atoms with Crippen molar-refractivity contribution < 1.29 is 0 Å². The summed E-state index contributed by atoms with van der Waals surface area (Å²) in [6.45, 7) is 0. The van der Waals surface area contributed by atoms with Gasteiger partial charge in [-0.2, -0.15) is 0 Å². The van der Waals surface area contributed by atoms with E-state index in [2.05, 4.69) is 39.6 Å². The number of nitrogens with two attached hydrogens (primary N) is 1. The normalized spacial score (nSPS) is 11.4. The molecule has 0 spiro atoms. The molecule has 0 aliphatic rings. The fourth-order valence-corrected chi connectivity index (χ4v) is 4.95. The van der Waals surface area contributed by atoms with Gasteiger partial charge in [0.05, 0.1) is 5.39 Å². The summed E-state index contributed by atoms with van der Waals surface area (Å²) in [5.74, 6) is 1.43. The Kier molecular flexibility index (Phi) is 3.29. The molecule has 1 aromatic carbocycles. The molecule has 3 nitrogen and oxygen atoms in total. The molecule has 104 valence electrons. The van der Waals surface area contributed by atoms with E-state index in [-0.39, 0.29) is 0 Å². The summed E-state index contributed by atoms with van der Waals surface area (Å²) in [5, 5.41) is 7.23. The van der Waals surface area contributed by atoms with Crippen molar-refractivity contribution in [3.8, 4) is 0 Å². The first-order valence-corrected chi connectivity index (χ1v) is 9.14. The van der Waals surface area contributed by atoms with E-state index in [4.69, 9.17) is 5.73 Å². The topological polar surface area (TPSA) is 51.8 Å². The number of anilines is 1. The Balaban J connectivity index is 1.63. The van der Waals surface area contributed by atoms with Gasteiger partial charge >= 0.3 is 0 Å². The van der Waals surface area contributed by atoms with E-state index in [1.54, 1.807) is 34.4 Å². The number of nitrogens with zero attached hydrogens (tertiary/aromatic N) is 2. The largest absolute Gasteiger partial charge is 0.383 e. The molecule has 3 aromatic heterocycles. The van der Waals surface area contributed by atoms with Crippen LogP contribution in [0.1, 0.15) is 5.56 Å². The molecule has 4 aromatic rings. The van der Waals surface area contributed by atoms with Crippen LogP contribution in [0.4, 0.5) is 5.82 Å². The molecule has 21 heavy (non-hydrogen) atoms. The van der Waals surface area contributed by atoms with Crippen molar-refractivity contribution in [1.82, 2.24) is 9.97 Å². The summed E-state index contributed by atoms with van der Waals surface area (Å²) in [7, 11) is 0. The number of thiophene rings is 2. The maximum atomic E-state index is 5.99. The Bertz CT molecular complexity index is 926. The molecule has 4 rings (SSSR count). The van der Waals surface area contributed by atoms with E-state index in [1.807, 2.05) is 11.4 Å². The second kappa shape index (κ2) is 5.29. The highest BCUT2D eigenvalue weighted by atomic mass is 32.2. The molecule has 6 heteroatoms. The van der Waals surface area contributed by atoms with Crippen molar-refractivity contribution in [2.24, 2.45) is 0 Å². The standard InChI is InChI=1S/C15H11N3S3/c16-13-11-5-6-19-14(11)18-15(17-13)21-8-9-7-20-12-4-2-1-3-10(9)12/h1-7H,8H2,(H2,16,17,18). The maximum absolute atomic E-state index is 5.99. The molecule has 0 atom stereocenters. The van der Waals surface area contributed by atoms with Crippen LogP contribution in [0.5, 0.6) is 0 Å². The summed E-state index contributed by atoms with van der Waals surface area (Å²) in [5.41, 5.74) is 7.31. The number of nitrogen functional groups attached to an aromatic ring is 1. The van der Waals surface area contributed by atoms with Crippen molar-refractivity contribution in [1.29, 1.82) is 0 Å². The van der Waals surface area contributed by atoms with Crippen LogP contribution in [0.2, 0.25) is 0 Å². The van der Waals surface area contributed by atoms with Crippen LogP contribution in [0.25, 0.3) is 20.3 Å². The molecule has 0 amide bonds. The molecule has 0 aliphatic heterocycles. The van der Waals surface area contributed by atoms with Crippen LogP contribution in [0.15, 0.2) is 46.2 Å². The lowest BCUT2D eigenvalue weighted by atomic mass is 10.2. The van der Waals surface area contributed by atoms with Gasteiger partial charge < -0.3 is 5.73 Å². The number of rotatable bonds is 3. The van der Waals surface area contributed by atoms with Crippen LogP contribution in [-0.2, 0) is 5.75 Å². The van der Waals surface area contributed by atoms with E-state index in [0.717, 1.165) is 21.1 Å². The first kappa shape index (κ1) is 13.1. The Morgan fingerprint density at radius 1 is 1.05 bits per heavy atom. The summed E-state index contributed by atoms with van der Waals surface area (Å²) in [6, 6.07) is 10.4. The van der Waals surface area contributed by atoms with Crippen LogP contribution in [0.3, 0.4) is 0 Å². The molecule has 0 saturated heterocycles. The van der Waals surface area contributed by atoms with Crippen LogP contribution in [0, 0.1) is 0 Å². The third kappa shape index (κ3) is 2.39. The molecule has 0 fully saturated rings. The summed E-state index contributed by atoms with van der Waals surface area (Å²) >= 11 is 5.02. The van der Waals surface area contributed by atoms with Gasteiger partial charge in [-0.25, -0.2) is 9.97 Å². The second-order valence-electron chi connectivity index (χ2n) is 4.58. The van der Waals surface area contributed by atoms with E-state index in [0.29, 0.717) is 5.82 Å². The second-order valence-corrected chi connectivity index (χ2v) is 7.32. The number of benzene rings is 1. The van der Waals surface area contributed by atoms with Gasteiger partial charge in [0.15, 0.2) is 5.16 Å². The molecule has 3 heterocycles. The van der Waals surface area contributed by atoms with Gasteiger partial charge in [-0.3, -0.25) is 0 Å². The number of aromatic nitrogens is 2. The van der Waals surface area contributed by atoms with Crippen LogP contribution >= 0.6 is 34.4 Å². The zero-order valence-corrected chi connectivity index (χ0v) is 13.4. The van der Waals surface area contributed by atoms with Crippen LogP contribution < -0.4 is 5.73 Å². The number of fused-ring (bicyclic) bond motifs is 2. The highest BCUT2D eigenvalue weighted by Crippen LogP contribution is 2.32. The van der Waals surface area contributed by atoms with Crippen molar-refractivity contribution in [2.45, 2.75) is 10.9 Å². The summed E-state index contributed by atoms with van der Waals surface area (Å²) in [6.07, 6.45) is 0. The van der Waals surface area contributed by atoms with E-state index >= 15 is 0 Å². The quantitative estimate of drug-likeness (QED) is 0.434. The fourth-order valence-electron chi connectivity index (χ4n) is 2.21. The van der Waals surface area contributed by atoms with Gasteiger partial charge in [0, 0.05) is 10.5 Å². The molecule has 0 unspecified atom stereocenters. The Morgan fingerprint density at radius 2 is 1.95 bits per heavy atom. The lowest BCUT2D eigenvalue weighted by Gasteiger charge is -2.02. The molecule has 0 aliphatic carbocycles. The van der Waals surface area contributed by atoms with E-state index < -0.39 is 0 Å². The maximum Gasteiger partial charge on any atom is 0.191 e. The van der Waals surface area contributed by atoms with Gasteiger partial charge in [0.1, 0.15) is 10.6 Å². The SMILES string of the molecule is Nc1nc(SCc2csc3ccccc23)nc2sccc12. The first-order chi connectivity index (χ1) is 10.3. The molecule has 0 saturated carbocycles. The first-order valence-electron chi connectivity index (χ1n) is 6.40. The Hall–Kier alpha value is -1.63. The van der Waals surface area contributed by atoms with E-state index in [9.17, 15) is 0 Å². The van der Waals surface area contributed by atoms with E-state index in [1.165, 1.54) is 15.6 Å². The van der Waals surface area contributed by atoms with Crippen molar-refractivity contribution in [2.75, 3.05) is 5.73 Å². The third-order valence-electron chi connectivity index (χ3n) is 3.25. The van der Waals surface area contributed by atoms with Crippen molar-refractivity contribution >= 4 is 60.6 Å². The Labute approximate surface area is 133 Å². The predicted octanol–water partition coefficient (Wildman–Crippen LogP) is 4.78. The van der Waals surface area contributed by atoms with Gasteiger partial charge in [0.25, 0.3) is 0 Å². The van der Waals surface area contributed by atoms with Gasteiger partial charge in [-0.05, 0) is 33.8 Å². The average Bonchev–Trinajstić information content (AvgIpc) is 3.12. The highest BCUT2D eigenvalue weighted by Gasteiger charge is 2.09. The monoisotopic (exact) mass is 329 g/mol. The van der Waals surface area contributed by atoms with Crippen molar-refractivity contribution in [3.63, 3.8) is 0 Å². The van der Waals surface area contributed by atoms with Gasteiger partial charge in [-0.15, -0.1) is 22.7 Å². The molecular weight excluding hydrogens is 318 g/mol. The van der Waals surface area contributed by atoms with Gasteiger partial charge in [0.2, 0.25) is 0 Å². The Morgan fingerprint density at radius 3 is 2.90 bits per heavy atom. The number of hydrogen-bond donors (Lipinski definition) is 1. The zero-order chi connectivity index (χ0) is 14.2. The lowest BCUT2D eigenvalue weighted by molar-refractivity contribution is 1.02. The highest BCUT2D eigenvalue weighted by molar-refractivity contribution is 7.98. The smallest absolute Gasteiger partial charge is 0.191 e. The predicted molar refractivity (Wildman–Crippen MR) is 93.2 cm³/mol. The van der Waals surface area contributed by atoms with Gasteiger partial charge in [-0.1, -0.05) is 30.0 Å². The molecule has 0 bridgehead atoms. The third-order valence-corrected chi connectivity index (χ3v) is 5.97. The zero-order valence-electron chi connectivity index (χ0n) is 10.9. The molecule has 2 N–H and O–H groups in total.